The van der Waals surface area contributed by atoms with E-state index in [2.05, 4.69) is 68.1 Å². The maximum absolute atomic E-state index is 13.1. The number of nitrogens with one attached hydrogen (secondary N) is 1. The standard InChI is InChI=1S/C31H33F3N6O2/c1-20(2)39-15-23-17-40(18-24(23)16-39)25-6-3-21(4-7-25)13-36-29(41)30(11-12-30)26-9-10-28(38-37-26)42-19-22-5-8-27(35-14-22)31(32,33)34/h3-10,14,23-24H,1,11-13,15-19H2,2H3,(H,36,41)/t23-,24+. The first-order chi connectivity index (χ1) is 20.1. The molecular weight excluding hydrogens is 545 g/mol. The number of allylic oxidation sites excluding steroid dienone is 1. The van der Waals surface area contributed by atoms with Crippen molar-refractivity contribution in [3.05, 3.63) is 89.5 Å². The maximum atomic E-state index is 13.1. The van der Waals surface area contributed by atoms with E-state index in [4.69, 9.17) is 4.74 Å². The molecule has 2 aliphatic heterocycles. The normalized spacial score (nSPS) is 20.8. The second-order valence-corrected chi connectivity index (χ2v) is 11.6. The highest BCUT2D eigenvalue weighted by Crippen LogP contribution is 2.47. The molecule has 3 aromatic rings. The van der Waals surface area contributed by atoms with E-state index in [9.17, 15) is 18.0 Å². The summed E-state index contributed by atoms with van der Waals surface area (Å²) < 4.78 is 43.6. The molecule has 1 aromatic carbocycles. The number of halogens is 3. The smallest absolute Gasteiger partial charge is 0.433 e. The molecule has 2 aromatic heterocycles. The first-order valence-electron chi connectivity index (χ1n) is 14.1. The number of fused-ring (bicyclic) bond motifs is 1. The van der Waals surface area contributed by atoms with Gasteiger partial charge < -0.3 is 19.9 Å². The Morgan fingerprint density at radius 3 is 2.24 bits per heavy atom. The predicted molar refractivity (Wildman–Crippen MR) is 150 cm³/mol. The number of hydrogen-bond acceptors (Lipinski definition) is 7. The number of pyridine rings is 1. The van der Waals surface area contributed by atoms with Crippen LogP contribution in [0.4, 0.5) is 18.9 Å². The van der Waals surface area contributed by atoms with Gasteiger partial charge in [-0.3, -0.25) is 9.78 Å². The van der Waals surface area contributed by atoms with Gasteiger partial charge in [0.15, 0.2) is 0 Å². The van der Waals surface area contributed by atoms with Crippen molar-refractivity contribution in [2.24, 2.45) is 11.8 Å². The Morgan fingerprint density at radius 2 is 1.69 bits per heavy atom. The molecule has 8 nitrogen and oxygen atoms in total. The number of carbonyl (C=O) groups is 1. The summed E-state index contributed by atoms with van der Waals surface area (Å²) in [6, 6.07) is 14.0. The molecule has 0 unspecified atom stereocenters. The zero-order valence-electron chi connectivity index (χ0n) is 23.4. The van der Waals surface area contributed by atoms with Gasteiger partial charge in [0.2, 0.25) is 11.8 Å². The Hall–Kier alpha value is -4.15. The molecule has 1 aliphatic carbocycles. The minimum Gasteiger partial charge on any atom is -0.472 e. The fraction of sp³-hybridized carbons (Fsp3) is 0.419. The van der Waals surface area contributed by atoms with Gasteiger partial charge in [-0.15, -0.1) is 5.10 Å². The predicted octanol–water partition coefficient (Wildman–Crippen LogP) is 4.72. The first-order valence-corrected chi connectivity index (χ1v) is 14.1. The lowest BCUT2D eigenvalue weighted by Gasteiger charge is -2.24. The molecule has 0 radical (unpaired) electrons. The lowest BCUT2D eigenvalue weighted by Crippen LogP contribution is -2.35. The van der Waals surface area contributed by atoms with Gasteiger partial charge >= 0.3 is 6.18 Å². The molecule has 1 N–H and O–H groups in total. The molecule has 0 bridgehead atoms. The summed E-state index contributed by atoms with van der Waals surface area (Å²) in [5, 5.41) is 11.4. The summed E-state index contributed by atoms with van der Waals surface area (Å²) in [4.78, 5) is 21.4. The van der Waals surface area contributed by atoms with Gasteiger partial charge in [0, 0.05) is 73.8 Å². The SMILES string of the molecule is C=C(C)N1C[C@@H]2CN(c3ccc(CNC(=O)C4(c5ccc(OCc6ccc(C(F)(F)F)nc6)nn5)CC4)cc3)C[C@@H]2C1. The summed E-state index contributed by atoms with van der Waals surface area (Å²) in [5.41, 5.74) is 2.78. The van der Waals surface area contributed by atoms with E-state index in [0.717, 1.165) is 49.7 Å². The highest BCUT2D eigenvalue weighted by atomic mass is 19.4. The topological polar surface area (TPSA) is 83.5 Å². The summed E-state index contributed by atoms with van der Waals surface area (Å²) in [5.74, 6) is 1.48. The number of anilines is 1. The number of likely N-dealkylation sites (tertiary alicyclic amines) is 1. The van der Waals surface area contributed by atoms with Crippen LogP contribution in [0.2, 0.25) is 0 Å². The fourth-order valence-corrected chi connectivity index (χ4v) is 5.90. The van der Waals surface area contributed by atoms with Crippen molar-refractivity contribution in [3.8, 4) is 5.88 Å². The molecule has 1 amide bonds. The van der Waals surface area contributed by atoms with Crippen LogP contribution in [0, 0.1) is 11.8 Å². The molecule has 11 heteroatoms. The number of rotatable bonds is 9. The van der Waals surface area contributed by atoms with Crippen LogP contribution in [0.5, 0.6) is 5.88 Å². The zero-order chi connectivity index (χ0) is 29.5. The Kier molecular flexibility index (Phi) is 7.28. The molecule has 220 valence electrons. The Bertz CT molecular complexity index is 1430. The summed E-state index contributed by atoms with van der Waals surface area (Å²) in [6.07, 6.45) is -2.00. The molecule has 2 saturated heterocycles. The van der Waals surface area contributed by atoms with Gasteiger partial charge in [-0.2, -0.15) is 18.3 Å². The average molecular weight is 579 g/mol. The van der Waals surface area contributed by atoms with E-state index in [0.29, 0.717) is 42.5 Å². The van der Waals surface area contributed by atoms with E-state index in [-0.39, 0.29) is 18.4 Å². The van der Waals surface area contributed by atoms with Crippen molar-refractivity contribution < 1.29 is 22.7 Å². The lowest BCUT2D eigenvalue weighted by molar-refractivity contribution is -0.141. The van der Waals surface area contributed by atoms with Crippen LogP contribution in [0.1, 0.15) is 42.3 Å². The number of alkyl halides is 3. The van der Waals surface area contributed by atoms with Crippen molar-refractivity contribution in [2.75, 3.05) is 31.1 Å². The van der Waals surface area contributed by atoms with Crippen molar-refractivity contribution in [3.63, 3.8) is 0 Å². The van der Waals surface area contributed by atoms with Gasteiger partial charge in [-0.1, -0.05) is 24.8 Å². The zero-order valence-corrected chi connectivity index (χ0v) is 23.4. The molecular formula is C31H33F3N6O2. The largest absolute Gasteiger partial charge is 0.472 e. The maximum Gasteiger partial charge on any atom is 0.433 e. The van der Waals surface area contributed by atoms with Crippen molar-refractivity contribution >= 4 is 11.6 Å². The van der Waals surface area contributed by atoms with Gasteiger partial charge in [0.1, 0.15) is 12.3 Å². The Balaban J connectivity index is 0.987. The molecule has 2 atom stereocenters. The third-order valence-corrected chi connectivity index (χ3v) is 8.60. The molecule has 3 fully saturated rings. The summed E-state index contributed by atoms with van der Waals surface area (Å²) >= 11 is 0. The number of benzene rings is 1. The average Bonchev–Trinajstić information content (AvgIpc) is 3.55. The van der Waals surface area contributed by atoms with Gasteiger partial charge in [-0.05, 0) is 49.6 Å². The van der Waals surface area contributed by atoms with Crippen molar-refractivity contribution in [1.29, 1.82) is 0 Å². The Labute approximate surface area is 242 Å². The van der Waals surface area contributed by atoms with Gasteiger partial charge in [0.25, 0.3) is 0 Å². The van der Waals surface area contributed by atoms with E-state index in [1.54, 1.807) is 12.1 Å². The fourth-order valence-electron chi connectivity index (χ4n) is 5.90. The molecule has 6 rings (SSSR count). The van der Waals surface area contributed by atoms with E-state index in [1.165, 1.54) is 11.8 Å². The third-order valence-electron chi connectivity index (χ3n) is 8.60. The second-order valence-electron chi connectivity index (χ2n) is 11.6. The Morgan fingerprint density at radius 1 is 1.00 bits per heavy atom. The van der Waals surface area contributed by atoms with E-state index < -0.39 is 17.3 Å². The van der Waals surface area contributed by atoms with E-state index >= 15 is 0 Å². The van der Waals surface area contributed by atoms with Crippen molar-refractivity contribution in [2.45, 2.75) is 44.5 Å². The minimum atomic E-state index is -4.49. The molecule has 0 spiro atoms. The van der Waals surface area contributed by atoms with Crippen LogP contribution in [-0.4, -0.2) is 52.2 Å². The minimum absolute atomic E-state index is 0.00385. The van der Waals surface area contributed by atoms with Crippen molar-refractivity contribution in [1.82, 2.24) is 25.4 Å². The molecule has 42 heavy (non-hydrogen) atoms. The number of amides is 1. The van der Waals surface area contributed by atoms with Crippen LogP contribution in [-0.2, 0) is 29.5 Å². The van der Waals surface area contributed by atoms with Crippen LogP contribution in [0.3, 0.4) is 0 Å². The number of carbonyl (C=O) groups excluding carboxylic acids is 1. The van der Waals surface area contributed by atoms with Crippen LogP contribution >= 0.6 is 0 Å². The molecule has 4 heterocycles. The van der Waals surface area contributed by atoms with Crippen LogP contribution in [0.25, 0.3) is 0 Å². The van der Waals surface area contributed by atoms with E-state index in [1.807, 2.05) is 0 Å². The molecule has 1 saturated carbocycles. The highest BCUT2D eigenvalue weighted by molar-refractivity contribution is 5.90. The van der Waals surface area contributed by atoms with Gasteiger partial charge in [-0.25, -0.2) is 0 Å². The highest BCUT2D eigenvalue weighted by Gasteiger charge is 2.53. The number of hydrogen-bond donors (Lipinski definition) is 1. The monoisotopic (exact) mass is 578 g/mol. The summed E-state index contributed by atoms with van der Waals surface area (Å²) in [7, 11) is 0. The number of aromatic nitrogens is 3. The lowest BCUT2D eigenvalue weighted by atomic mass is 10.0. The van der Waals surface area contributed by atoms with Gasteiger partial charge in [0.05, 0.1) is 11.1 Å². The van der Waals surface area contributed by atoms with Crippen LogP contribution < -0.4 is 15.0 Å². The second kappa shape index (κ2) is 10.9. The quantitative estimate of drug-likeness (QED) is 0.394. The molecule has 3 aliphatic rings. The number of nitrogens with zero attached hydrogens (tertiary/aromatic N) is 5. The summed E-state index contributed by atoms with van der Waals surface area (Å²) in [6.45, 7) is 10.9. The number of ether oxygens (including phenoxy) is 1. The third kappa shape index (κ3) is 5.77. The first kappa shape index (κ1) is 28.0. The van der Waals surface area contributed by atoms with Crippen LogP contribution in [0.15, 0.2) is 67.0 Å².